The molecular formula is C39H24ClN3. The molecule has 0 N–H and O–H groups in total. The van der Waals surface area contributed by atoms with Gasteiger partial charge in [0.05, 0.1) is 0 Å². The van der Waals surface area contributed by atoms with Gasteiger partial charge in [-0.25, -0.2) is 4.98 Å². The lowest BCUT2D eigenvalue weighted by atomic mass is 9.96. The van der Waals surface area contributed by atoms with Gasteiger partial charge in [-0.15, -0.1) is 0 Å². The van der Waals surface area contributed by atoms with Gasteiger partial charge in [0.2, 0.25) is 5.28 Å². The van der Waals surface area contributed by atoms with Crippen LogP contribution < -0.4 is 0 Å². The normalized spacial score (nSPS) is 11.4. The van der Waals surface area contributed by atoms with Gasteiger partial charge in [-0.1, -0.05) is 133 Å². The van der Waals surface area contributed by atoms with Crippen LogP contribution in [0.25, 0.3) is 77.3 Å². The van der Waals surface area contributed by atoms with E-state index in [1.807, 2.05) is 18.2 Å². The molecule has 0 unspecified atom stereocenters. The minimum Gasteiger partial charge on any atom is -0.208 e. The Balaban J connectivity index is 1.13. The topological polar surface area (TPSA) is 38.7 Å². The number of fused-ring (bicyclic) bond motifs is 3. The molecule has 4 heteroatoms. The van der Waals surface area contributed by atoms with Gasteiger partial charge in [0, 0.05) is 11.1 Å². The van der Waals surface area contributed by atoms with E-state index in [-0.39, 0.29) is 5.28 Å². The number of nitrogens with zero attached hydrogens (tertiary/aromatic N) is 3. The predicted octanol–water partition coefficient (Wildman–Crippen LogP) is 10.7. The van der Waals surface area contributed by atoms with Crippen LogP contribution in [-0.2, 0) is 0 Å². The fourth-order valence-electron chi connectivity index (χ4n) is 5.91. The number of rotatable bonds is 4. The molecule has 0 spiro atoms. The molecule has 0 atom stereocenters. The lowest BCUT2D eigenvalue weighted by Crippen LogP contribution is -1.97. The van der Waals surface area contributed by atoms with Gasteiger partial charge in [-0.05, 0) is 78.3 Å². The van der Waals surface area contributed by atoms with Crippen molar-refractivity contribution in [2.24, 2.45) is 0 Å². The van der Waals surface area contributed by atoms with E-state index in [0.29, 0.717) is 11.6 Å². The van der Waals surface area contributed by atoms with E-state index in [9.17, 15) is 0 Å². The molecule has 8 aromatic rings. The van der Waals surface area contributed by atoms with Crippen LogP contribution in [0.2, 0.25) is 5.28 Å². The highest BCUT2D eigenvalue weighted by atomic mass is 35.5. The fraction of sp³-hybridized carbons (Fsp3) is 0. The van der Waals surface area contributed by atoms with Crippen LogP contribution in [0.3, 0.4) is 0 Å². The van der Waals surface area contributed by atoms with Crippen LogP contribution in [0.5, 0.6) is 0 Å². The third kappa shape index (κ3) is 4.70. The number of benzene rings is 7. The summed E-state index contributed by atoms with van der Waals surface area (Å²) in [6, 6.07) is 50.9. The standard InChI is InChI=1S/C39H24ClN3/c40-39-42-37(28-17-15-27(16-18-28)35-13-5-9-25-7-1-3-11-33(25)35)41-38(43-39)32-22-20-29-23-31(21-19-30(29)24-32)36-14-6-10-26-8-2-4-12-34(26)36/h1-24H. The zero-order chi connectivity index (χ0) is 28.8. The Morgan fingerprint density at radius 2 is 0.814 bits per heavy atom. The number of hydrogen-bond donors (Lipinski definition) is 0. The average Bonchev–Trinajstić information content (AvgIpc) is 3.07. The van der Waals surface area contributed by atoms with Crippen LogP contribution in [0, 0.1) is 0 Å². The molecule has 1 heterocycles. The third-order valence-electron chi connectivity index (χ3n) is 8.05. The van der Waals surface area contributed by atoms with Gasteiger partial charge < -0.3 is 0 Å². The maximum atomic E-state index is 6.43. The van der Waals surface area contributed by atoms with Crippen molar-refractivity contribution >= 4 is 43.9 Å². The summed E-state index contributed by atoms with van der Waals surface area (Å²) in [6.45, 7) is 0. The van der Waals surface area contributed by atoms with E-state index in [0.717, 1.165) is 27.5 Å². The molecular weight excluding hydrogens is 546 g/mol. The van der Waals surface area contributed by atoms with Crippen molar-refractivity contribution in [2.75, 3.05) is 0 Å². The van der Waals surface area contributed by atoms with Crippen molar-refractivity contribution in [3.05, 3.63) is 151 Å². The van der Waals surface area contributed by atoms with Gasteiger partial charge in [-0.3, -0.25) is 0 Å². The SMILES string of the molecule is Clc1nc(-c2ccc(-c3cccc4ccccc34)cc2)nc(-c2ccc3cc(-c4cccc5ccccc45)ccc3c2)n1. The molecule has 0 saturated heterocycles. The van der Waals surface area contributed by atoms with Crippen LogP contribution in [0.15, 0.2) is 146 Å². The summed E-state index contributed by atoms with van der Waals surface area (Å²) in [7, 11) is 0. The van der Waals surface area contributed by atoms with Gasteiger partial charge in [0.1, 0.15) is 0 Å². The molecule has 0 aliphatic heterocycles. The Morgan fingerprint density at radius 1 is 0.349 bits per heavy atom. The molecule has 8 rings (SSSR count). The zero-order valence-corrected chi connectivity index (χ0v) is 23.8. The Bertz CT molecular complexity index is 2300. The number of hydrogen-bond acceptors (Lipinski definition) is 3. The third-order valence-corrected chi connectivity index (χ3v) is 8.22. The second kappa shape index (κ2) is 10.5. The molecule has 3 nitrogen and oxygen atoms in total. The van der Waals surface area contributed by atoms with Gasteiger partial charge in [0.15, 0.2) is 11.6 Å². The molecule has 0 aliphatic rings. The minimum atomic E-state index is 0.171. The summed E-state index contributed by atoms with van der Waals surface area (Å²) in [5.74, 6) is 1.10. The monoisotopic (exact) mass is 569 g/mol. The van der Waals surface area contributed by atoms with Gasteiger partial charge in [-0.2, -0.15) is 9.97 Å². The summed E-state index contributed by atoms with van der Waals surface area (Å²) in [5.41, 5.74) is 6.52. The Morgan fingerprint density at radius 3 is 1.47 bits per heavy atom. The second-order valence-electron chi connectivity index (χ2n) is 10.7. The summed E-state index contributed by atoms with van der Waals surface area (Å²) >= 11 is 6.43. The summed E-state index contributed by atoms with van der Waals surface area (Å²) < 4.78 is 0. The summed E-state index contributed by atoms with van der Waals surface area (Å²) in [4.78, 5) is 13.8. The maximum absolute atomic E-state index is 6.43. The Labute approximate surface area is 254 Å². The van der Waals surface area contributed by atoms with Crippen molar-refractivity contribution in [1.82, 2.24) is 15.0 Å². The molecule has 0 fully saturated rings. The molecule has 0 amide bonds. The summed E-state index contributed by atoms with van der Waals surface area (Å²) in [5, 5.41) is 7.36. The fourth-order valence-corrected chi connectivity index (χ4v) is 6.07. The van der Waals surface area contributed by atoms with E-state index in [1.54, 1.807) is 0 Å². The van der Waals surface area contributed by atoms with Crippen molar-refractivity contribution in [3.8, 4) is 45.0 Å². The van der Waals surface area contributed by atoms with E-state index < -0.39 is 0 Å². The van der Waals surface area contributed by atoms with Crippen LogP contribution in [0.4, 0.5) is 0 Å². The maximum Gasteiger partial charge on any atom is 0.226 e. The second-order valence-corrected chi connectivity index (χ2v) is 11.0. The summed E-state index contributed by atoms with van der Waals surface area (Å²) in [6.07, 6.45) is 0. The van der Waals surface area contributed by atoms with Crippen molar-refractivity contribution in [2.45, 2.75) is 0 Å². The van der Waals surface area contributed by atoms with E-state index in [4.69, 9.17) is 16.6 Å². The molecule has 1 aromatic heterocycles. The first-order valence-electron chi connectivity index (χ1n) is 14.2. The number of halogens is 1. The van der Waals surface area contributed by atoms with Gasteiger partial charge in [0.25, 0.3) is 0 Å². The first-order valence-corrected chi connectivity index (χ1v) is 14.6. The highest BCUT2D eigenvalue weighted by Gasteiger charge is 2.12. The predicted molar refractivity (Wildman–Crippen MR) is 179 cm³/mol. The highest BCUT2D eigenvalue weighted by Crippen LogP contribution is 2.33. The molecule has 43 heavy (non-hydrogen) atoms. The average molecular weight is 570 g/mol. The molecule has 202 valence electrons. The first kappa shape index (κ1) is 25.3. The molecule has 0 aliphatic carbocycles. The number of aromatic nitrogens is 3. The van der Waals surface area contributed by atoms with E-state index in [2.05, 4.69) is 137 Å². The quantitative estimate of drug-likeness (QED) is 0.211. The van der Waals surface area contributed by atoms with Crippen LogP contribution in [-0.4, -0.2) is 15.0 Å². The van der Waals surface area contributed by atoms with Crippen molar-refractivity contribution in [1.29, 1.82) is 0 Å². The molecule has 0 saturated carbocycles. The Hall–Kier alpha value is -5.38. The lowest BCUT2D eigenvalue weighted by molar-refractivity contribution is 1.07. The molecule has 0 bridgehead atoms. The van der Waals surface area contributed by atoms with E-state index in [1.165, 1.54) is 38.2 Å². The van der Waals surface area contributed by atoms with Gasteiger partial charge >= 0.3 is 0 Å². The largest absolute Gasteiger partial charge is 0.226 e. The smallest absolute Gasteiger partial charge is 0.208 e. The van der Waals surface area contributed by atoms with Crippen LogP contribution >= 0.6 is 11.6 Å². The lowest BCUT2D eigenvalue weighted by Gasteiger charge is -2.10. The minimum absolute atomic E-state index is 0.171. The first-order chi connectivity index (χ1) is 21.2. The van der Waals surface area contributed by atoms with Crippen LogP contribution in [0.1, 0.15) is 0 Å². The Kier molecular flexibility index (Phi) is 6.17. The van der Waals surface area contributed by atoms with Crippen molar-refractivity contribution in [3.63, 3.8) is 0 Å². The van der Waals surface area contributed by atoms with Crippen molar-refractivity contribution < 1.29 is 0 Å². The van der Waals surface area contributed by atoms with E-state index >= 15 is 0 Å². The zero-order valence-electron chi connectivity index (χ0n) is 23.1. The molecule has 0 radical (unpaired) electrons. The highest BCUT2D eigenvalue weighted by molar-refractivity contribution is 6.28. The molecule has 7 aromatic carbocycles.